The van der Waals surface area contributed by atoms with Crippen LogP contribution in [0.3, 0.4) is 0 Å². The minimum atomic E-state index is -3.25. The summed E-state index contributed by atoms with van der Waals surface area (Å²) in [4.78, 5) is 0.491. The quantitative estimate of drug-likeness (QED) is 0.809. The van der Waals surface area contributed by atoms with Gasteiger partial charge < -0.3 is 5.32 Å². The van der Waals surface area contributed by atoms with Gasteiger partial charge in [0.15, 0.2) is 0 Å². The van der Waals surface area contributed by atoms with E-state index >= 15 is 0 Å². The molecule has 1 saturated heterocycles. The Balaban J connectivity index is 1.95. The Morgan fingerprint density at radius 1 is 1.29 bits per heavy atom. The van der Waals surface area contributed by atoms with Crippen LogP contribution in [0.2, 0.25) is 0 Å². The van der Waals surface area contributed by atoms with Gasteiger partial charge in [0.2, 0.25) is 10.0 Å². The zero-order chi connectivity index (χ0) is 11.9. The molecule has 2 aliphatic rings. The largest absolute Gasteiger partial charge is 0.315 e. The first-order valence-corrected chi connectivity index (χ1v) is 7.44. The van der Waals surface area contributed by atoms with Crippen molar-refractivity contribution in [2.75, 3.05) is 13.1 Å². The van der Waals surface area contributed by atoms with E-state index in [9.17, 15) is 8.42 Å². The van der Waals surface area contributed by atoms with E-state index in [0.29, 0.717) is 11.4 Å². The number of nitrogens with zero attached hydrogens (tertiary/aromatic N) is 1. The number of benzene rings is 1. The number of rotatable bonds is 1. The maximum atomic E-state index is 12.4. The van der Waals surface area contributed by atoms with E-state index in [1.165, 1.54) is 0 Å². The molecule has 92 valence electrons. The first-order chi connectivity index (χ1) is 8.19. The third kappa shape index (κ3) is 1.78. The average molecular weight is 252 g/mol. The Morgan fingerprint density at radius 3 is 2.82 bits per heavy atom. The van der Waals surface area contributed by atoms with Gasteiger partial charge in [-0.25, -0.2) is 8.42 Å². The van der Waals surface area contributed by atoms with Gasteiger partial charge in [-0.1, -0.05) is 18.2 Å². The molecule has 1 atom stereocenters. The fourth-order valence-corrected chi connectivity index (χ4v) is 4.52. The van der Waals surface area contributed by atoms with Gasteiger partial charge in [-0.3, -0.25) is 0 Å². The standard InChI is InChI=1S/C12H16N2O2S/c15-17(16)12-6-2-1-4-10(12)9-14(17)11-5-3-7-13-8-11/h1-2,4,6,11,13H,3,5,7-9H2/t11-/m0/s1. The Bertz CT molecular complexity index is 521. The van der Waals surface area contributed by atoms with Crippen molar-refractivity contribution in [1.82, 2.24) is 9.62 Å². The van der Waals surface area contributed by atoms with E-state index in [4.69, 9.17) is 0 Å². The summed E-state index contributed by atoms with van der Waals surface area (Å²) in [5.41, 5.74) is 0.929. The van der Waals surface area contributed by atoms with Crippen LogP contribution in [0.5, 0.6) is 0 Å². The van der Waals surface area contributed by atoms with Crippen LogP contribution in [-0.4, -0.2) is 31.9 Å². The predicted molar refractivity (Wildman–Crippen MR) is 65.1 cm³/mol. The molecule has 1 aromatic carbocycles. The normalized spacial score (nSPS) is 27.9. The van der Waals surface area contributed by atoms with Crippen LogP contribution in [0.25, 0.3) is 0 Å². The summed E-state index contributed by atoms with van der Waals surface area (Å²) in [5.74, 6) is 0. The molecule has 3 rings (SSSR count). The van der Waals surface area contributed by atoms with Gasteiger partial charge in [-0.15, -0.1) is 0 Å². The van der Waals surface area contributed by atoms with E-state index in [-0.39, 0.29) is 6.04 Å². The van der Waals surface area contributed by atoms with Crippen LogP contribution in [-0.2, 0) is 16.6 Å². The number of sulfonamides is 1. The number of piperidine rings is 1. The molecule has 0 radical (unpaired) electrons. The highest BCUT2D eigenvalue weighted by molar-refractivity contribution is 7.89. The molecule has 0 saturated carbocycles. The van der Waals surface area contributed by atoms with Gasteiger partial charge in [0.1, 0.15) is 0 Å². The Kier molecular flexibility index (Phi) is 2.69. The fraction of sp³-hybridized carbons (Fsp3) is 0.500. The number of hydrogen-bond donors (Lipinski definition) is 1. The zero-order valence-electron chi connectivity index (χ0n) is 9.59. The second kappa shape index (κ2) is 4.08. The molecule has 1 N–H and O–H groups in total. The minimum absolute atomic E-state index is 0.112. The van der Waals surface area contributed by atoms with Gasteiger partial charge in [0.25, 0.3) is 0 Å². The third-order valence-corrected chi connectivity index (χ3v) is 5.56. The Labute approximate surface area is 102 Å². The maximum Gasteiger partial charge on any atom is 0.243 e. The minimum Gasteiger partial charge on any atom is -0.315 e. The first kappa shape index (κ1) is 11.2. The lowest BCUT2D eigenvalue weighted by Crippen LogP contribution is -2.45. The van der Waals surface area contributed by atoms with Crippen LogP contribution in [0.4, 0.5) is 0 Å². The molecule has 0 bridgehead atoms. The van der Waals surface area contributed by atoms with Crippen molar-refractivity contribution in [3.05, 3.63) is 29.8 Å². The van der Waals surface area contributed by atoms with E-state index in [2.05, 4.69) is 5.32 Å². The number of fused-ring (bicyclic) bond motifs is 1. The van der Waals surface area contributed by atoms with E-state index < -0.39 is 10.0 Å². The van der Waals surface area contributed by atoms with E-state index in [0.717, 1.165) is 31.5 Å². The highest BCUT2D eigenvalue weighted by Crippen LogP contribution is 2.32. The molecule has 0 aromatic heterocycles. The SMILES string of the molecule is O=S1(=O)c2ccccc2CN1[C@H]1CCCNC1. The van der Waals surface area contributed by atoms with Crippen molar-refractivity contribution >= 4 is 10.0 Å². The van der Waals surface area contributed by atoms with E-state index in [1.807, 2.05) is 12.1 Å². The van der Waals surface area contributed by atoms with E-state index in [1.54, 1.807) is 16.4 Å². The fourth-order valence-electron chi connectivity index (χ4n) is 2.67. The summed E-state index contributed by atoms with van der Waals surface area (Å²) in [5, 5.41) is 3.27. The Morgan fingerprint density at radius 2 is 2.12 bits per heavy atom. The molecule has 2 aliphatic heterocycles. The van der Waals surface area contributed by atoms with Crippen LogP contribution in [0.15, 0.2) is 29.2 Å². The zero-order valence-corrected chi connectivity index (χ0v) is 10.4. The second-order valence-corrected chi connectivity index (χ2v) is 6.52. The highest BCUT2D eigenvalue weighted by Gasteiger charge is 2.38. The molecule has 0 amide bonds. The van der Waals surface area contributed by atoms with Crippen LogP contribution in [0, 0.1) is 0 Å². The van der Waals surface area contributed by atoms with Crippen molar-refractivity contribution in [3.63, 3.8) is 0 Å². The summed E-state index contributed by atoms with van der Waals surface area (Å²) in [6.45, 7) is 2.30. The van der Waals surface area contributed by atoms with Gasteiger partial charge >= 0.3 is 0 Å². The topological polar surface area (TPSA) is 49.4 Å². The molecular formula is C12H16N2O2S. The summed E-state index contributed by atoms with van der Waals surface area (Å²) >= 11 is 0. The third-order valence-electron chi connectivity index (χ3n) is 3.56. The summed E-state index contributed by atoms with van der Waals surface area (Å²) in [7, 11) is -3.25. The lowest BCUT2D eigenvalue weighted by molar-refractivity contribution is 0.269. The van der Waals surface area contributed by atoms with Crippen LogP contribution in [0.1, 0.15) is 18.4 Å². The molecule has 1 fully saturated rings. The van der Waals surface area contributed by atoms with Crippen molar-refractivity contribution < 1.29 is 8.42 Å². The number of hydrogen-bond acceptors (Lipinski definition) is 3. The monoisotopic (exact) mass is 252 g/mol. The van der Waals surface area contributed by atoms with Crippen molar-refractivity contribution in [1.29, 1.82) is 0 Å². The number of nitrogens with one attached hydrogen (secondary N) is 1. The summed E-state index contributed by atoms with van der Waals surface area (Å²) in [6, 6.07) is 7.42. The molecule has 0 unspecified atom stereocenters. The highest BCUT2D eigenvalue weighted by atomic mass is 32.2. The molecule has 2 heterocycles. The van der Waals surface area contributed by atoms with Gasteiger partial charge in [0, 0.05) is 19.1 Å². The maximum absolute atomic E-state index is 12.4. The predicted octanol–water partition coefficient (Wildman–Crippen LogP) is 0.943. The van der Waals surface area contributed by atoms with Crippen molar-refractivity contribution in [3.8, 4) is 0 Å². The van der Waals surface area contributed by atoms with Crippen LogP contribution < -0.4 is 5.32 Å². The molecule has 17 heavy (non-hydrogen) atoms. The first-order valence-electron chi connectivity index (χ1n) is 6.00. The van der Waals surface area contributed by atoms with Crippen molar-refractivity contribution in [2.45, 2.75) is 30.3 Å². The van der Waals surface area contributed by atoms with Crippen molar-refractivity contribution in [2.24, 2.45) is 0 Å². The molecule has 0 spiro atoms. The average Bonchev–Trinajstić information content (AvgIpc) is 2.63. The molecule has 0 aliphatic carbocycles. The summed E-state index contributed by atoms with van der Waals surface area (Å²) < 4.78 is 26.4. The van der Waals surface area contributed by atoms with Gasteiger partial charge in [-0.05, 0) is 31.0 Å². The summed E-state index contributed by atoms with van der Waals surface area (Å²) in [6.07, 6.45) is 2.01. The molecule has 5 heteroatoms. The molecule has 1 aromatic rings. The lowest BCUT2D eigenvalue weighted by atomic mass is 10.1. The van der Waals surface area contributed by atoms with Crippen LogP contribution >= 0.6 is 0 Å². The van der Waals surface area contributed by atoms with Gasteiger partial charge in [-0.2, -0.15) is 4.31 Å². The lowest BCUT2D eigenvalue weighted by Gasteiger charge is -2.30. The smallest absolute Gasteiger partial charge is 0.243 e. The molecule has 4 nitrogen and oxygen atoms in total. The molecular weight excluding hydrogens is 236 g/mol. The Hall–Kier alpha value is -0.910. The van der Waals surface area contributed by atoms with Gasteiger partial charge in [0.05, 0.1) is 4.90 Å². The second-order valence-electron chi connectivity index (χ2n) is 4.66.